The van der Waals surface area contributed by atoms with E-state index in [0.717, 1.165) is 0 Å². The molecule has 7 heteroatoms. The van der Waals surface area contributed by atoms with Crippen LogP contribution in [-0.2, 0) is 14.3 Å². The largest absolute Gasteiger partial charge is 0.452 e. The van der Waals surface area contributed by atoms with Crippen molar-refractivity contribution < 1.29 is 14.3 Å². The van der Waals surface area contributed by atoms with Crippen LogP contribution >= 0.6 is 23.2 Å². The van der Waals surface area contributed by atoms with Crippen molar-refractivity contribution in [1.82, 2.24) is 4.90 Å². The van der Waals surface area contributed by atoms with Crippen LogP contribution in [0.15, 0.2) is 24.3 Å². The van der Waals surface area contributed by atoms with Crippen LogP contribution in [0.4, 0.5) is 0 Å². The number of ether oxygens (including phenoxy) is 1. The predicted octanol–water partition coefficient (Wildman–Crippen LogP) is 2.92. The summed E-state index contributed by atoms with van der Waals surface area (Å²) in [5.74, 6) is -1.03. The zero-order valence-corrected chi connectivity index (χ0v) is 13.4. The number of benzene rings is 1. The van der Waals surface area contributed by atoms with E-state index in [2.05, 4.69) is 0 Å². The molecule has 22 heavy (non-hydrogen) atoms. The van der Waals surface area contributed by atoms with E-state index < -0.39 is 5.97 Å². The van der Waals surface area contributed by atoms with Crippen LogP contribution in [0.3, 0.4) is 0 Å². The fraction of sp³-hybridized carbons (Fsp3) is 0.267. The van der Waals surface area contributed by atoms with Crippen molar-refractivity contribution in [2.45, 2.75) is 6.42 Å². The number of esters is 1. The molecule has 0 aliphatic heterocycles. The van der Waals surface area contributed by atoms with E-state index in [4.69, 9.17) is 33.2 Å². The Hall–Kier alpha value is -2.03. The second-order valence-corrected chi connectivity index (χ2v) is 5.17. The normalized spacial score (nSPS) is 10.3. The lowest BCUT2D eigenvalue weighted by Gasteiger charge is -2.14. The van der Waals surface area contributed by atoms with Gasteiger partial charge < -0.3 is 9.64 Å². The van der Waals surface area contributed by atoms with Crippen LogP contribution in [0.5, 0.6) is 0 Å². The summed E-state index contributed by atoms with van der Waals surface area (Å²) >= 11 is 11.7. The summed E-state index contributed by atoms with van der Waals surface area (Å²) in [5.41, 5.74) is 0.612. The first kappa shape index (κ1) is 18.0. The first-order chi connectivity index (χ1) is 10.4. The Morgan fingerprint density at radius 3 is 2.77 bits per heavy atom. The summed E-state index contributed by atoms with van der Waals surface area (Å²) in [5, 5.41) is 9.33. The Bertz CT molecular complexity index is 624. The van der Waals surface area contributed by atoms with Gasteiger partial charge in [0.15, 0.2) is 6.61 Å². The Kier molecular flexibility index (Phi) is 7.44. The second-order valence-electron chi connectivity index (χ2n) is 4.33. The highest BCUT2D eigenvalue weighted by atomic mass is 35.5. The van der Waals surface area contributed by atoms with Gasteiger partial charge in [-0.25, -0.2) is 4.79 Å². The summed E-state index contributed by atoms with van der Waals surface area (Å²) in [6, 6.07) is 6.80. The zero-order chi connectivity index (χ0) is 16.5. The van der Waals surface area contributed by atoms with Crippen molar-refractivity contribution in [2.75, 3.05) is 20.2 Å². The standard InChI is InChI=1S/C15H14Cl2N2O3/c1-19(8-2-7-18)14(20)10-22-15(21)6-4-11-3-5-12(16)9-13(11)17/h3-6,9H,2,8,10H2,1H3/b6-4+. The lowest BCUT2D eigenvalue weighted by Crippen LogP contribution is -2.31. The average molecular weight is 341 g/mol. The number of carbonyl (C=O) groups is 2. The minimum absolute atomic E-state index is 0.227. The van der Waals surface area contributed by atoms with E-state index in [-0.39, 0.29) is 18.9 Å². The highest BCUT2D eigenvalue weighted by Gasteiger charge is 2.10. The number of nitriles is 1. The maximum absolute atomic E-state index is 11.6. The van der Waals surface area contributed by atoms with Crippen LogP contribution in [0.1, 0.15) is 12.0 Å². The third kappa shape index (κ3) is 6.17. The van der Waals surface area contributed by atoms with Crippen LogP contribution < -0.4 is 0 Å². The third-order valence-corrected chi connectivity index (χ3v) is 3.25. The van der Waals surface area contributed by atoms with Gasteiger partial charge in [0.1, 0.15) is 0 Å². The molecule has 0 saturated heterocycles. The molecule has 116 valence electrons. The second kappa shape index (κ2) is 9.08. The van der Waals surface area contributed by atoms with Crippen molar-refractivity contribution in [3.8, 4) is 6.07 Å². The molecule has 0 unspecified atom stereocenters. The fourth-order valence-electron chi connectivity index (χ4n) is 1.43. The third-order valence-electron chi connectivity index (χ3n) is 2.68. The molecule has 0 saturated carbocycles. The van der Waals surface area contributed by atoms with E-state index in [1.54, 1.807) is 18.2 Å². The van der Waals surface area contributed by atoms with Crippen LogP contribution in [0.2, 0.25) is 10.0 Å². The van der Waals surface area contributed by atoms with Crippen LogP contribution in [-0.4, -0.2) is 37.0 Å². The quantitative estimate of drug-likeness (QED) is 0.589. The Morgan fingerprint density at radius 2 is 2.14 bits per heavy atom. The molecule has 1 amide bonds. The molecule has 5 nitrogen and oxygen atoms in total. The first-order valence-corrected chi connectivity index (χ1v) is 7.10. The van der Waals surface area contributed by atoms with Gasteiger partial charge in [-0.3, -0.25) is 4.79 Å². The van der Waals surface area contributed by atoms with Crippen LogP contribution in [0.25, 0.3) is 6.08 Å². The molecule has 1 aromatic rings. The molecule has 1 aromatic carbocycles. The molecule has 0 radical (unpaired) electrons. The number of nitrogens with zero attached hydrogens (tertiary/aromatic N) is 2. The van der Waals surface area contributed by atoms with Gasteiger partial charge in [0, 0.05) is 29.7 Å². The van der Waals surface area contributed by atoms with E-state index in [0.29, 0.717) is 22.2 Å². The molecule has 0 fully saturated rings. The summed E-state index contributed by atoms with van der Waals surface area (Å²) < 4.78 is 4.82. The summed E-state index contributed by atoms with van der Waals surface area (Å²) in [7, 11) is 1.54. The molecule has 0 aromatic heterocycles. The van der Waals surface area contributed by atoms with Crippen molar-refractivity contribution in [1.29, 1.82) is 5.26 Å². The minimum atomic E-state index is -0.659. The van der Waals surface area contributed by atoms with E-state index in [1.165, 1.54) is 24.1 Å². The number of likely N-dealkylation sites (N-methyl/N-ethyl adjacent to an activating group) is 1. The summed E-state index contributed by atoms with van der Waals surface area (Å²) in [4.78, 5) is 24.5. The lowest BCUT2D eigenvalue weighted by molar-refractivity contribution is -0.147. The Morgan fingerprint density at radius 1 is 1.41 bits per heavy atom. The smallest absolute Gasteiger partial charge is 0.331 e. The van der Waals surface area contributed by atoms with Gasteiger partial charge in [0.2, 0.25) is 0 Å². The fourth-order valence-corrected chi connectivity index (χ4v) is 1.90. The monoisotopic (exact) mass is 340 g/mol. The minimum Gasteiger partial charge on any atom is -0.452 e. The number of carbonyl (C=O) groups excluding carboxylic acids is 2. The highest BCUT2D eigenvalue weighted by Crippen LogP contribution is 2.21. The molecule has 1 rings (SSSR count). The topological polar surface area (TPSA) is 70.4 Å². The molecule has 0 bridgehead atoms. The van der Waals surface area contributed by atoms with Gasteiger partial charge in [0.05, 0.1) is 12.5 Å². The van der Waals surface area contributed by atoms with Crippen molar-refractivity contribution in [3.05, 3.63) is 39.9 Å². The zero-order valence-electron chi connectivity index (χ0n) is 11.9. The van der Waals surface area contributed by atoms with Crippen molar-refractivity contribution >= 4 is 41.2 Å². The summed E-state index contributed by atoms with van der Waals surface area (Å²) in [6.45, 7) is -0.0808. The van der Waals surface area contributed by atoms with Gasteiger partial charge >= 0.3 is 5.97 Å². The Balaban J connectivity index is 2.48. The summed E-state index contributed by atoms with van der Waals surface area (Å²) in [6.07, 6.45) is 2.88. The molecule has 0 N–H and O–H groups in total. The SMILES string of the molecule is CN(CCC#N)C(=O)COC(=O)/C=C/c1ccc(Cl)cc1Cl. The predicted molar refractivity (Wildman–Crippen MR) is 84.3 cm³/mol. The van der Waals surface area contributed by atoms with Crippen molar-refractivity contribution in [3.63, 3.8) is 0 Å². The maximum atomic E-state index is 11.6. The first-order valence-electron chi connectivity index (χ1n) is 6.35. The van der Waals surface area contributed by atoms with E-state index in [9.17, 15) is 9.59 Å². The van der Waals surface area contributed by atoms with Gasteiger partial charge in [-0.15, -0.1) is 0 Å². The number of amides is 1. The van der Waals surface area contributed by atoms with Gasteiger partial charge in [-0.2, -0.15) is 5.26 Å². The molecule has 0 heterocycles. The number of hydrogen-bond donors (Lipinski definition) is 0. The van der Waals surface area contributed by atoms with Gasteiger partial charge in [-0.1, -0.05) is 29.3 Å². The number of halogens is 2. The number of hydrogen-bond acceptors (Lipinski definition) is 4. The molecular formula is C15H14Cl2N2O3. The Labute approximate surface area is 138 Å². The lowest BCUT2D eigenvalue weighted by atomic mass is 10.2. The molecular weight excluding hydrogens is 327 g/mol. The average Bonchev–Trinajstić information content (AvgIpc) is 2.49. The highest BCUT2D eigenvalue weighted by molar-refractivity contribution is 6.35. The molecule has 0 aliphatic carbocycles. The van der Waals surface area contributed by atoms with E-state index >= 15 is 0 Å². The maximum Gasteiger partial charge on any atom is 0.331 e. The van der Waals surface area contributed by atoms with Gasteiger partial charge in [0.25, 0.3) is 5.91 Å². The van der Waals surface area contributed by atoms with E-state index in [1.807, 2.05) is 6.07 Å². The molecule has 0 spiro atoms. The van der Waals surface area contributed by atoms with Crippen LogP contribution in [0, 0.1) is 11.3 Å². The molecule has 0 atom stereocenters. The molecule has 0 aliphatic rings. The van der Waals surface area contributed by atoms with Crippen molar-refractivity contribution in [2.24, 2.45) is 0 Å². The number of rotatable bonds is 6. The van der Waals surface area contributed by atoms with Gasteiger partial charge in [-0.05, 0) is 23.8 Å².